The molecule has 2 amide bonds. The van der Waals surface area contributed by atoms with E-state index < -0.39 is 6.03 Å². The van der Waals surface area contributed by atoms with Gasteiger partial charge in [0.05, 0.1) is 0 Å². The highest BCUT2D eigenvalue weighted by atomic mass is 16.2. The number of benzene rings is 2. The lowest BCUT2D eigenvalue weighted by Gasteiger charge is -2.06. The van der Waals surface area contributed by atoms with E-state index in [1.165, 1.54) is 16.3 Å². The van der Waals surface area contributed by atoms with Crippen molar-refractivity contribution in [2.75, 3.05) is 0 Å². The number of amides is 2. The summed E-state index contributed by atoms with van der Waals surface area (Å²) >= 11 is 0. The molecule has 0 aliphatic heterocycles. The Bertz CT molecular complexity index is 600. The lowest BCUT2D eigenvalue weighted by atomic mass is 10.0. The van der Waals surface area contributed by atoms with Gasteiger partial charge in [-0.2, -0.15) is 5.10 Å². The summed E-state index contributed by atoms with van der Waals surface area (Å²) < 4.78 is 0. The third-order valence-electron chi connectivity index (χ3n) is 2.68. The van der Waals surface area contributed by atoms with Gasteiger partial charge in [-0.25, -0.2) is 10.2 Å². The van der Waals surface area contributed by atoms with E-state index in [4.69, 9.17) is 5.73 Å². The van der Waals surface area contributed by atoms with Crippen molar-refractivity contribution in [2.24, 2.45) is 10.8 Å². The van der Waals surface area contributed by atoms with E-state index in [9.17, 15) is 4.79 Å². The fourth-order valence-corrected chi connectivity index (χ4v) is 1.91. The molecule has 18 heavy (non-hydrogen) atoms. The van der Waals surface area contributed by atoms with Crippen LogP contribution in [0.3, 0.4) is 0 Å². The first-order chi connectivity index (χ1) is 8.66. The molecule has 0 aromatic heterocycles. The number of hydrogen-bond donors (Lipinski definition) is 2. The van der Waals surface area contributed by atoms with Gasteiger partial charge in [0.25, 0.3) is 0 Å². The maximum atomic E-state index is 10.6. The molecule has 4 nitrogen and oxygen atoms in total. The monoisotopic (exact) mass is 241 g/mol. The number of nitrogens with two attached hydrogens (primary N) is 1. The Labute approximate surface area is 105 Å². The number of urea groups is 1. The molecule has 0 aliphatic carbocycles. The lowest BCUT2D eigenvalue weighted by molar-refractivity contribution is 0.249. The SMILES string of the molecule is CC(Cc1cccc2ccccc12)=NNC(N)=O. The smallest absolute Gasteiger partial charge is 0.332 e. The maximum Gasteiger partial charge on any atom is 0.332 e. The predicted octanol–water partition coefficient (Wildman–Crippen LogP) is 2.43. The second kappa shape index (κ2) is 5.31. The summed E-state index contributed by atoms with van der Waals surface area (Å²) in [4.78, 5) is 10.6. The Morgan fingerprint density at radius 1 is 1.22 bits per heavy atom. The van der Waals surface area contributed by atoms with Crippen LogP contribution in [-0.4, -0.2) is 11.7 Å². The summed E-state index contributed by atoms with van der Waals surface area (Å²) in [6, 6.07) is 13.7. The standard InChI is InChI=1S/C14H15N3O/c1-10(16-17-14(15)18)9-12-7-4-6-11-5-2-3-8-13(11)12/h2-8H,9H2,1H3,(H3,15,17,18). The van der Waals surface area contributed by atoms with Gasteiger partial charge in [0, 0.05) is 12.1 Å². The van der Waals surface area contributed by atoms with Crippen LogP contribution in [0.15, 0.2) is 47.6 Å². The van der Waals surface area contributed by atoms with E-state index in [1.807, 2.05) is 25.1 Å². The van der Waals surface area contributed by atoms with Gasteiger partial charge < -0.3 is 5.73 Å². The molecule has 0 aliphatic rings. The molecule has 0 saturated heterocycles. The zero-order valence-electron chi connectivity index (χ0n) is 10.2. The molecular formula is C14H15N3O. The van der Waals surface area contributed by atoms with Crippen molar-refractivity contribution in [3.8, 4) is 0 Å². The number of nitrogens with one attached hydrogen (secondary N) is 1. The normalized spacial score (nSPS) is 11.5. The first-order valence-corrected chi connectivity index (χ1v) is 5.72. The average Bonchev–Trinajstić information content (AvgIpc) is 2.37. The van der Waals surface area contributed by atoms with Crippen LogP contribution in [0.1, 0.15) is 12.5 Å². The number of hydrogen-bond acceptors (Lipinski definition) is 2. The van der Waals surface area contributed by atoms with Gasteiger partial charge >= 0.3 is 6.03 Å². The van der Waals surface area contributed by atoms with Gasteiger partial charge in [-0.1, -0.05) is 42.5 Å². The highest BCUT2D eigenvalue weighted by Crippen LogP contribution is 2.19. The molecule has 0 atom stereocenters. The van der Waals surface area contributed by atoms with Crippen molar-refractivity contribution < 1.29 is 4.79 Å². The highest BCUT2D eigenvalue weighted by molar-refractivity contribution is 5.92. The van der Waals surface area contributed by atoms with E-state index in [1.54, 1.807) is 0 Å². The second-order valence-corrected chi connectivity index (χ2v) is 4.14. The average molecular weight is 241 g/mol. The molecule has 2 aromatic carbocycles. The molecule has 2 rings (SSSR count). The molecular weight excluding hydrogens is 226 g/mol. The summed E-state index contributed by atoms with van der Waals surface area (Å²) in [5.41, 5.74) is 9.20. The van der Waals surface area contributed by atoms with Crippen LogP contribution in [0, 0.1) is 0 Å². The number of fused-ring (bicyclic) bond motifs is 1. The Kier molecular flexibility index (Phi) is 3.57. The molecule has 0 saturated carbocycles. The molecule has 92 valence electrons. The first-order valence-electron chi connectivity index (χ1n) is 5.72. The summed E-state index contributed by atoms with van der Waals surface area (Å²) in [5.74, 6) is 0. The quantitative estimate of drug-likeness (QED) is 0.629. The van der Waals surface area contributed by atoms with Gasteiger partial charge in [-0.3, -0.25) is 0 Å². The van der Waals surface area contributed by atoms with Crippen LogP contribution >= 0.6 is 0 Å². The number of carbonyl (C=O) groups is 1. The maximum absolute atomic E-state index is 10.6. The topological polar surface area (TPSA) is 67.5 Å². The zero-order chi connectivity index (χ0) is 13.0. The summed E-state index contributed by atoms with van der Waals surface area (Å²) in [6.07, 6.45) is 0.682. The van der Waals surface area contributed by atoms with E-state index in [-0.39, 0.29) is 0 Å². The molecule has 2 aromatic rings. The minimum Gasteiger partial charge on any atom is -0.350 e. The van der Waals surface area contributed by atoms with Crippen LogP contribution in [0.25, 0.3) is 10.8 Å². The molecule has 0 heterocycles. The Hall–Kier alpha value is -2.36. The van der Waals surface area contributed by atoms with E-state index in [0.29, 0.717) is 6.42 Å². The van der Waals surface area contributed by atoms with Crippen molar-refractivity contribution in [3.05, 3.63) is 48.0 Å². The minimum atomic E-state index is -0.646. The van der Waals surface area contributed by atoms with Gasteiger partial charge in [-0.15, -0.1) is 0 Å². The molecule has 0 spiro atoms. The van der Waals surface area contributed by atoms with Gasteiger partial charge in [-0.05, 0) is 23.3 Å². The molecule has 0 radical (unpaired) electrons. The molecule has 3 N–H and O–H groups in total. The third-order valence-corrected chi connectivity index (χ3v) is 2.68. The predicted molar refractivity (Wildman–Crippen MR) is 73.5 cm³/mol. The van der Waals surface area contributed by atoms with Crippen LogP contribution in [0.4, 0.5) is 4.79 Å². The van der Waals surface area contributed by atoms with E-state index in [2.05, 4.69) is 34.8 Å². The summed E-state index contributed by atoms with van der Waals surface area (Å²) in [7, 11) is 0. The van der Waals surface area contributed by atoms with Crippen LogP contribution in [-0.2, 0) is 6.42 Å². The third kappa shape index (κ3) is 2.85. The van der Waals surface area contributed by atoms with Crippen LogP contribution < -0.4 is 11.2 Å². The van der Waals surface area contributed by atoms with Crippen molar-refractivity contribution >= 4 is 22.5 Å². The van der Waals surface area contributed by atoms with E-state index in [0.717, 1.165) is 5.71 Å². The fourth-order valence-electron chi connectivity index (χ4n) is 1.91. The van der Waals surface area contributed by atoms with Crippen LogP contribution in [0.2, 0.25) is 0 Å². The lowest BCUT2D eigenvalue weighted by Crippen LogP contribution is -2.25. The fraction of sp³-hybridized carbons (Fsp3) is 0.143. The summed E-state index contributed by atoms with van der Waals surface area (Å²) in [6.45, 7) is 1.86. The van der Waals surface area contributed by atoms with Crippen LogP contribution in [0.5, 0.6) is 0 Å². The Balaban J connectivity index is 2.26. The van der Waals surface area contributed by atoms with Crippen molar-refractivity contribution in [2.45, 2.75) is 13.3 Å². The molecule has 0 fully saturated rings. The first kappa shape index (κ1) is 12.1. The van der Waals surface area contributed by atoms with Crippen molar-refractivity contribution in [1.82, 2.24) is 5.43 Å². The minimum absolute atomic E-state index is 0.646. The number of hydrazone groups is 1. The molecule has 4 heteroatoms. The van der Waals surface area contributed by atoms with Gasteiger partial charge in [0.2, 0.25) is 0 Å². The van der Waals surface area contributed by atoms with Crippen molar-refractivity contribution in [3.63, 3.8) is 0 Å². The zero-order valence-corrected chi connectivity index (χ0v) is 10.2. The van der Waals surface area contributed by atoms with Crippen molar-refractivity contribution in [1.29, 1.82) is 0 Å². The number of nitrogens with zero attached hydrogens (tertiary/aromatic N) is 1. The largest absolute Gasteiger partial charge is 0.350 e. The Morgan fingerprint density at radius 3 is 2.72 bits per heavy atom. The number of primary amides is 1. The second-order valence-electron chi connectivity index (χ2n) is 4.14. The number of carbonyl (C=O) groups excluding carboxylic acids is 1. The molecule has 0 bridgehead atoms. The van der Waals surface area contributed by atoms with Gasteiger partial charge in [0.15, 0.2) is 0 Å². The summed E-state index contributed by atoms with van der Waals surface area (Å²) in [5, 5.41) is 6.32. The number of rotatable bonds is 3. The highest BCUT2D eigenvalue weighted by Gasteiger charge is 2.02. The Morgan fingerprint density at radius 2 is 1.94 bits per heavy atom. The van der Waals surface area contributed by atoms with E-state index >= 15 is 0 Å². The molecule has 0 unspecified atom stereocenters. The van der Waals surface area contributed by atoms with Gasteiger partial charge in [0.1, 0.15) is 0 Å².